The molecule has 0 amide bonds. The average molecular weight is 140 g/mol. The molecule has 2 aliphatic heterocycles. The van der Waals surface area contributed by atoms with E-state index in [-0.39, 0.29) is 0 Å². The third-order valence-electron chi connectivity index (χ3n) is 2.68. The van der Waals surface area contributed by atoms with Crippen molar-refractivity contribution in [2.75, 3.05) is 13.1 Å². The van der Waals surface area contributed by atoms with Crippen LogP contribution in [-0.2, 0) is 0 Å². The van der Waals surface area contributed by atoms with Crippen molar-refractivity contribution in [2.24, 2.45) is 0 Å². The Labute approximate surface area is 62.4 Å². The quantitative estimate of drug-likeness (QED) is 0.554. The largest absolute Gasteiger partial charge is 0.312 e. The fraction of sp³-hybridized carbons (Fsp3) is 1.00. The molecule has 2 heteroatoms. The van der Waals surface area contributed by atoms with Crippen molar-refractivity contribution in [3.05, 3.63) is 0 Å². The molecule has 2 rings (SSSR count). The second-order valence-corrected chi connectivity index (χ2v) is 3.41. The maximum Gasteiger partial charge on any atom is 0.0221 e. The van der Waals surface area contributed by atoms with Gasteiger partial charge in [0.1, 0.15) is 0 Å². The predicted molar refractivity (Wildman–Crippen MR) is 42.0 cm³/mol. The van der Waals surface area contributed by atoms with Crippen LogP contribution in [0.15, 0.2) is 0 Å². The van der Waals surface area contributed by atoms with Crippen molar-refractivity contribution in [2.45, 2.75) is 37.8 Å². The summed E-state index contributed by atoms with van der Waals surface area (Å²) in [7, 11) is 0. The van der Waals surface area contributed by atoms with Gasteiger partial charge in [-0.3, -0.25) is 0 Å². The minimum absolute atomic E-state index is 0.794. The molecule has 2 heterocycles. The van der Waals surface area contributed by atoms with Crippen LogP contribution in [0, 0.1) is 0 Å². The molecule has 0 radical (unpaired) electrons. The van der Waals surface area contributed by atoms with E-state index in [0.717, 1.165) is 12.1 Å². The Bertz CT molecular complexity index is 87.8. The number of nitrogens with one attached hydrogen (secondary N) is 2. The van der Waals surface area contributed by atoms with Crippen LogP contribution < -0.4 is 10.6 Å². The first-order valence-electron chi connectivity index (χ1n) is 4.43. The Morgan fingerprint density at radius 2 is 1.30 bits per heavy atom. The highest BCUT2D eigenvalue weighted by atomic mass is 15.0. The van der Waals surface area contributed by atoms with Crippen LogP contribution in [0.2, 0.25) is 0 Å². The van der Waals surface area contributed by atoms with Gasteiger partial charge in [0.2, 0.25) is 0 Å². The van der Waals surface area contributed by atoms with E-state index < -0.39 is 0 Å². The fourth-order valence-electron chi connectivity index (χ4n) is 2.11. The van der Waals surface area contributed by atoms with Crippen molar-refractivity contribution in [3.8, 4) is 0 Å². The van der Waals surface area contributed by atoms with Gasteiger partial charge >= 0.3 is 0 Å². The number of hydrogen-bond donors (Lipinski definition) is 2. The molecule has 2 atom stereocenters. The summed E-state index contributed by atoms with van der Waals surface area (Å²) < 4.78 is 0. The highest BCUT2D eigenvalue weighted by Gasteiger charge is 2.26. The van der Waals surface area contributed by atoms with Gasteiger partial charge in [-0.05, 0) is 38.8 Å². The van der Waals surface area contributed by atoms with Crippen molar-refractivity contribution in [1.29, 1.82) is 0 Å². The van der Waals surface area contributed by atoms with Crippen LogP contribution in [-0.4, -0.2) is 25.2 Å². The second kappa shape index (κ2) is 2.89. The van der Waals surface area contributed by atoms with E-state index >= 15 is 0 Å². The zero-order valence-electron chi connectivity index (χ0n) is 6.40. The molecule has 0 unspecified atom stereocenters. The van der Waals surface area contributed by atoms with Crippen LogP contribution in [0.25, 0.3) is 0 Å². The normalized spacial score (nSPS) is 40.8. The molecule has 2 aliphatic rings. The van der Waals surface area contributed by atoms with Crippen LogP contribution in [0.1, 0.15) is 25.7 Å². The summed E-state index contributed by atoms with van der Waals surface area (Å²) in [5.74, 6) is 0. The first kappa shape index (κ1) is 6.62. The van der Waals surface area contributed by atoms with Gasteiger partial charge in [-0.2, -0.15) is 0 Å². The summed E-state index contributed by atoms with van der Waals surface area (Å²) in [5, 5.41) is 7.07. The Kier molecular flexibility index (Phi) is 1.91. The topological polar surface area (TPSA) is 24.1 Å². The zero-order chi connectivity index (χ0) is 6.81. The molecular formula is C8H16N2. The SMILES string of the molecule is C1CN[C@H]([C@@H]2CCCN2)C1. The first-order chi connectivity index (χ1) is 4.97. The Morgan fingerprint density at radius 1 is 0.800 bits per heavy atom. The fourth-order valence-corrected chi connectivity index (χ4v) is 2.11. The van der Waals surface area contributed by atoms with E-state index in [0.29, 0.717) is 0 Å². The third-order valence-corrected chi connectivity index (χ3v) is 2.68. The monoisotopic (exact) mass is 140 g/mol. The molecule has 0 aliphatic carbocycles. The molecule has 0 spiro atoms. The average Bonchev–Trinajstić information content (AvgIpc) is 2.59. The molecule has 2 nitrogen and oxygen atoms in total. The molecule has 2 saturated heterocycles. The molecule has 2 fully saturated rings. The molecular weight excluding hydrogens is 124 g/mol. The van der Waals surface area contributed by atoms with Gasteiger partial charge in [-0.15, -0.1) is 0 Å². The Morgan fingerprint density at radius 3 is 1.60 bits per heavy atom. The smallest absolute Gasteiger partial charge is 0.0221 e. The van der Waals surface area contributed by atoms with Crippen LogP contribution in [0.3, 0.4) is 0 Å². The van der Waals surface area contributed by atoms with E-state index in [2.05, 4.69) is 10.6 Å². The van der Waals surface area contributed by atoms with Crippen LogP contribution >= 0.6 is 0 Å². The minimum atomic E-state index is 0.794. The first-order valence-corrected chi connectivity index (χ1v) is 4.43. The lowest BCUT2D eigenvalue weighted by molar-refractivity contribution is 0.449. The molecule has 10 heavy (non-hydrogen) atoms. The summed E-state index contributed by atoms with van der Waals surface area (Å²) in [4.78, 5) is 0. The molecule has 0 aromatic carbocycles. The van der Waals surface area contributed by atoms with Gasteiger partial charge in [0.15, 0.2) is 0 Å². The number of hydrogen-bond acceptors (Lipinski definition) is 2. The van der Waals surface area contributed by atoms with E-state index in [1.807, 2.05) is 0 Å². The summed E-state index contributed by atoms with van der Waals surface area (Å²) in [6.07, 6.45) is 5.53. The summed E-state index contributed by atoms with van der Waals surface area (Å²) >= 11 is 0. The van der Waals surface area contributed by atoms with Crippen molar-refractivity contribution < 1.29 is 0 Å². The maximum atomic E-state index is 3.54. The number of rotatable bonds is 1. The highest BCUT2D eigenvalue weighted by molar-refractivity contribution is 4.89. The van der Waals surface area contributed by atoms with Gasteiger partial charge in [0, 0.05) is 12.1 Å². The molecule has 2 N–H and O–H groups in total. The lowest BCUT2D eigenvalue weighted by atomic mass is 10.1. The lowest BCUT2D eigenvalue weighted by Crippen LogP contribution is -2.40. The molecule has 58 valence electrons. The molecule has 0 saturated carbocycles. The van der Waals surface area contributed by atoms with E-state index in [4.69, 9.17) is 0 Å². The van der Waals surface area contributed by atoms with Crippen LogP contribution in [0.4, 0.5) is 0 Å². The summed E-state index contributed by atoms with van der Waals surface area (Å²) in [6, 6.07) is 1.59. The Balaban J connectivity index is 1.85. The maximum absolute atomic E-state index is 3.54. The van der Waals surface area contributed by atoms with Crippen molar-refractivity contribution in [1.82, 2.24) is 10.6 Å². The van der Waals surface area contributed by atoms with Crippen LogP contribution in [0.5, 0.6) is 0 Å². The summed E-state index contributed by atoms with van der Waals surface area (Å²) in [6.45, 7) is 2.48. The van der Waals surface area contributed by atoms with Gasteiger partial charge < -0.3 is 10.6 Å². The summed E-state index contributed by atoms with van der Waals surface area (Å²) in [5.41, 5.74) is 0. The molecule has 0 aromatic rings. The Hall–Kier alpha value is -0.0800. The van der Waals surface area contributed by atoms with Gasteiger partial charge in [-0.1, -0.05) is 0 Å². The molecule has 0 bridgehead atoms. The zero-order valence-corrected chi connectivity index (χ0v) is 6.40. The van der Waals surface area contributed by atoms with Crippen molar-refractivity contribution in [3.63, 3.8) is 0 Å². The lowest BCUT2D eigenvalue weighted by Gasteiger charge is -2.17. The van der Waals surface area contributed by atoms with E-state index in [9.17, 15) is 0 Å². The van der Waals surface area contributed by atoms with E-state index in [1.165, 1.54) is 38.8 Å². The standard InChI is InChI=1S/C8H16N2/c1-3-7(9-5-1)8-4-2-6-10-8/h7-10H,1-6H2/t7-,8-/m0/s1. The third kappa shape index (κ3) is 1.18. The molecule has 0 aromatic heterocycles. The minimum Gasteiger partial charge on any atom is -0.312 e. The second-order valence-electron chi connectivity index (χ2n) is 3.41. The van der Waals surface area contributed by atoms with E-state index in [1.54, 1.807) is 0 Å². The highest BCUT2D eigenvalue weighted by Crippen LogP contribution is 2.16. The predicted octanol–water partition coefficient (Wildman–Crippen LogP) is 0.490. The van der Waals surface area contributed by atoms with Gasteiger partial charge in [0.25, 0.3) is 0 Å². The van der Waals surface area contributed by atoms with Gasteiger partial charge in [0.05, 0.1) is 0 Å². The van der Waals surface area contributed by atoms with Gasteiger partial charge in [-0.25, -0.2) is 0 Å². The van der Waals surface area contributed by atoms with Crippen molar-refractivity contribution >= 4 is 0 Å².